The first-order valence-corrected chi connectivity index (χ1v) is 15.5. The molecule has 3 aromatic heterocycles. The summed E-state index contributed by atoms with van der Waals surface area (Å²) in [5, 5.41) is 18.1. The average molecular weight is 559 g/mol. The average Bonchev–Trinajstić information content (AvgIpc) is 3.70. The van der Waals surface area contributed by atoms with Crippen LogP contribution in [0, 0.1) is 17.2 Å². The van der Waals surface area contributed by atoms with E-state index < -0.39 is 0 Å². The first kappa shape index (κ1) is 23.1. The number of thiophene rings is 2. The van der Waals surface area contributed by atoms with Crippen molar-refractivity contribution in [3.05, 3.63) is 127 Å². The molecule has 0 bridgehead atoms. The van der Waals surface area contributed by atoms with Crippen LogP contribution in [-0.4, -0.2) is 4.57 Å². The van der Waals surface area contributed by atoms with Gasteiger partial charge in [0.1, 0.15) is 0 Å². The zero-order valence-electron chi connectivity index (χ0n) is 21.9. The lowest BCUT2D eigenvalue weighted by Gasteiger charge is -2.28. The first-order chi connectivity index (χ1) is 20.3. The van der Waals surface area contributed by atoms with Crippen LogP contribution in [0.4, 0.5) is 0 Å². The van der Waals surface area contributed by atoms with Gasteiger partial charge in [-0.15, -0.1) is 22.7 Å². The number of aromatic nitrogens is 1. The van der Waals surface area contributed by atoms with E-state index in [0.29, 0.717) is 0 Å². The highest BCUT2D eigenvalue weighted by atomic mass is 32.1. The van der Waals surface area contributed by atoms with Gasteiger partial charge >= 0.3 is 0 Å². The third-order valence-corrected chi connectivity index (χ3v) is 11.2. The lowest BCUT2D eigenvalue weighted by atomic mass is 9.80. The van der Waals surface area contributed by atoms with Crippen molar-refractivity contribution >= 4 is 90.5 Å². The summed E-state index contributed by atoms with van der Waals surface area (Å²) in [6, 6.07) is 40.0. The van der Waals surface area contributed by atoms with Crippen LogP contribution in [0.3, 0.4) is 0 Å². The maximum Gasteiger partial charge on any atom is 0.0770 e. The molecule has 1 aliphatic carbocycles. The standard InChI is InChI=1S/C37H22N2S2/c38-21-23-8-7-14-32(39-30-12-4-1-9-24(30)25-10-2-5-13-31(25)39)35(23)22-16-19-34-29(20-22)28-18-17-27-26-11-3-6-15-33(26)40-36(27)37(28)41-34/h1-20,23,35H/t23?,35-/m1/s1. The Bertz CT molecular complexity index is 2410. The van der Waals surface area contributed by atoms with Gasteiger partial charge in [-0.3, -0.25) is 0 Å². The molecule has 41 heavy (non-hydrogen) atoms. The first-order valence-electron chi connectivity index (χ1n) is 13.8. The molecule has 3 heterocycles. The van der Waals surface area contributed by atoms with E-state index in [-0.39, 0.29) is 11.8 Å². The maximum atomic E-state index is 10.4. The molecule has 0 fully saturated rings. The van der Waals surface area contributed by atoms with Gasteiger partial charge in [0.25, 0.3) is 0 Å². The lowest BCUT2D eigenvalue weighted by molar-refractivity contribution is 0.705. The lowest BCUT2D eigenvalue weighted by Crippen LogP contribution is -2.17. The third kappa shape index (κ3) is 3.22. The van der Waals surface area contributed by atoms with Crippen LogP contribution in [0.2, 0.25) is 0 Å². The maximum absolute atomic E-state index is 10.4. The third-order valence-electron chi connectivity index (χ3n) is 8.62. The van der Waals surface area contributed by atoms with Crippen LogP contribution in [0.1, 0.15) is 11.5 Å². The fourth-order valence-corrected chi connectivity index (χ4v) is 9.33. The summed E-state index contributed by atoms with van der Waals surface area (Å²) >= 11 is 3.77. The van der Waals surface area contributed by atoms with E-state index in [4.69, 9.17) is 0 Å². The summed E-state index contributed by atoms with van der Waals surface area (Å²) in [5.41, 5.74) is 4.66. The number of fused-ring (bicyclic) bond motifs is 10. The molecule has 4 heteroatoms. The van der Waals surface area contributed by atoms with E-state index in [2.05, 4.69) is 132 Å². The van der Waals surface area contributed by atoms with Gasteiger partial charge < -0.3 is 4.57 Å². The summed E-state index contributed by atoms with van der Waals surface area (Å²) in [5.74, 6) is -0.344. The molecule has 5 aromatic carbocycles. The highest BCUT2D eigenvalue weighted by molar-refractivity contribution is 7.33. The number of nitrogens with zero attached hydrogens (tertiary/aromatic N) is 2. The van der Waals surface area contributed by atoms with Gasteiger partial charge in [0.05, 0.1) is 32.4 Å². The molecule has 0 saturated heterocycles. The predicted octanol–water partition coefficient (Wildman–Crippen LogP) is 10.9. The van der Waals surface area contributed by atoms with E-state index in [0.717, 1.165) is 5.70 Å². The minimum atomic E-state index is -0.258. The minimum absolute atomic E-state index is 0.0865. The number of hydrogen-bond donors (Lipinski definition) is 0. The molecular formula is C37H22N2S2. The van der Waals surface area contributed by atoms with E-state index in [9.17, 15) is 5.26 Å². The fraction of sp³-hybridized carbons (Fsp3) is 0.0541. The van der Waals surface area contributed by atoms with E-state index in [1.807, 2.05) is 22.7 Å². The van der Waals surface area contributed by atoms with Gasteiger partial charge in [-0.1, -0.05) is 84.9 Å². The number of nitriles is 1. The second kappa shape index (κ2) is 8.65. The number of para-hydroxylation sites is 2. The van der Waals surface area contributed by atoms with Crippen LogP contribution < -0.4 is 0 Å². The quantitative estimate of drug-likeness (QED) is 0.207. The number of benzene rings is 5. The Morgan fingerprint density at radius 1 is 0.610 bits per heavy atom. The summed E-state index contributed by atoms with van der Waals surface area (Å²) < 4.78 is 7.72. The van der Waals surface area contributed by atoms with Gasteiger partial charge in [-0.2, -0.15) is 5.26 Å². The largest absolute Gasteiger partial charge is 0.312 e. The van der Waals surface area contributed by atoms with Crippen molar-refractivity contribution in [2.75, 3.05) is 0 Å². The van der Waals surface area contributed by atoms with Gasteiger partial charge in [-0.25, -0.2) is 0 Å². The van der Waals surface area contributed by atoms with Crippen molar-refractivity contribution in [3.8, 4) is 6.07 Å². The predicted molar refractivity (Wildman–Crippen MR) is 177 cm³/mol. The summed E-state index contributed by atoms with van der Waals surface area (Å²) in [6.07, 6.45) is 6.31. The molecule has 9 rings (SSSR count). The van der Waals surface area contributed by atoms with Crippen LogP contribution in [-0.2, 0) is 0 Å². The van der Waals surface area contributed by atoms with Crippen LogP contribution in [0.15, 0.2) is 121 Å². The Hall–Kier alpha value is -4.69. The van der Waals surface area contributed by atoms with Crippen LogP contribution in [0.5, 0.6) is 0 Å². The molecule has 0 spiro atoms. The van der Waals surface area contributed by atoms with Crippen molar-refractivity contribution < 1.29 is 0 Å². The van der Waals surface area contributed by atoms with Crippen LogP contribution >= 0.6 is 22.7 Å². The SMILES string of the molecule is N#CC1C=CC=C(n2c3ccccc3c3ccccc32)[C@@H]1c1ccc2sc3c(ccc4c5ccccc5sc43)c2c1. The number of hydrogen-bond acceptors (Lipinski definition) is 3. The molecule has 2 atom stereocenters. The molecule has 0 aliphatic heterocycles. The Labute approximate surface area is 244 Å². The molecule has 0 amide bonds. The van der Waals surface area contributed by atoms with Crippen molar-refractivity contribution in [1.82, 2.24) is 4.57 Å². The van der Waals surface area contributed by atoms with E-state index in [1.165, 1.54) is 67.7 Å². The fourth-order valence-electron chi connectivity index (χ4n) is 6.81. The molecule has 0 N–H and O–H groups in total. The van der Waals surface area contributed by atoms with Crippen molar-refractivity contribution in [2.45, 2.75) is 5.92 Å². The molecule has 0 saturated carbocycles. The molecule has 2 nitrogen and oxygen atoms in total. The Kier molecular flexibility index (Phi) is 4.87. The zero-order chi connectivity index (χ0) is 27.1. The van der Waals surface area contributed by atoms with Gasteiger partial charge in [0.2, 0.25) is 0 Å². The zero-order valence-corrected chi connectivity index (χ0v) is 23.5. The summed E-state index contributed by atoms with van der Waals surface area (Å²) in [7, 11) is 0. The molecule has 192 valence electrons. The Balaban J connectivity index is 1.28. The van der Waals surface area contributed by atoms with E-state index >= 15 is 0 Å². The molecule has 0 radical (unpaired) electrons. The van der Waals surface area contributed by atoms with E-state index in [1.54, 1.807) is 0 Å². The summed E-state index contributed by atoms with van der Waals surface area (Å²) in [4.78, 5) is 0. The van der Waals surface area contributed by atoms with Crippen molar-refractivity contribution in [1.29, 1.82) is 5.26 Å². The normalized spacial score (nSPS) is 17.3. The summed E-state index contributed by atoms with van der Waals surface area (Å²) in [6.45, 7) is 0. The van der Waals surface area contributed by atoms with Crippen LogP contribution in [0.25, 0.3) is 67.8 Å². The van der Waals surface area contributed by atoms with Crippen molar-refractivity contribution in [2.24, 2.45) is 5.92 Å². The topological polar surface area (TPSA) is 28.7 Å². The second-order valence-electron chi connectivity index (χ2n) is 10.8. The molecule has 8 aromatic rings. The second-order valence-corrected chi connectivity index (χ2v) is 12.9. The highest BCUT2D eigenvalue weighted by Crippen LogP contribution is 2.47. The molecular weight excluding hydrogens is 537 g/mol. The highest BCUT2D eigenvalue weighted by Gasteiger charge is 2.30. The Morgan fingerprint density at radius 2 is 1.22 bits per heavy atom. The number of allylic oxidation sites excluding steroid dienone is 4. The van der Waals surface area contributed by atoms with Gasteiger partial charge in [0, 0.05) is 53.3 Å². The molecule has 1 unspecified atom stereocenters. The Morgan fingerprint density at radius 3 is 1.93 bits per heavy atom. The smallest absolute Gasteiger partial charge is 0.0770 e. The minimum Gasteiger partial charge on any atom is -0.312 e. The van der Waals surface area contributed by atoms with Gasteiger partial charge in [-0.05, 0) is 42.0 Å². The monoisotopic (exact) mass is 558 g/mol. The number of rotatable bonds is 2. The van der Waals surface area contributed by atoms with Gasteiger partial charge in [0.15, 0.2) is 0 Å². The van der Waals surface area contributed by atoms with Crippen molar-refractivity contribution in [3.63, 3.8) is 0 Å². The molecule has 1 aliphatic rings.